The van der Waals surface area contributed by atoms with Crippen molar-refractivity contribution in [1.29, 1.82) is 0 Å². The van der Waals surface area contributed by atoms with Gasteiger partial charge in [0, 0.05) is 25.7 Å². The summed E-state index contributed by atoms with van der Waals surface area (Å²) in [4.78, 5) is 2.50. The van der Waals surface area contributed by atoms with Crippen LogP contribution >= 0.6 is 0 Å². The molecule has 0 spiro atoms. The third kappa shape index (κ3) is 4.09. The molecule has 0 aliphatic carbocycles. The summed E-state index contributed by atoms with van der Waals surface area (Å²) in [6.07, 6.45) is 1.24. The molecule has 2 aromatic rings. The van der Waals surface area contributed by atoms with Crippen molar-refractivity contribution in [2.45, 2.75) is 25.6 Å². The molecule has 22 heavy (non-hydrogen) atoms. The fraction of sp³-hybridized carbons (Fsp3) is 0.368. The van der Waals surface area contributed by atoms with Crippen LogP contribution in [0.1, 0.15) is 17.5 Å². The Labute approximate surface area is 132 Å². The molecule has 0 amide bonds. The number of likely N-dealkylation sites (N-methyl/N-ethyl adjacent to an activating group) is 1. The summed E-state index contributed by atoms with van der Waals surface area (Å²) in [5.41, 5.74) is 2.52. The molecule has 1 fully saturated rings. The van der Waals surface area contributed by atoms with Gasteiger partial charge in [0.2, 0.25) is 0 Å². The molecule has 1 aliphatic rings. The van der Waals surface area contributed by atoms with Crippen molar-refractivity contribution >= 4 is 0 Å². The highest BCUT2D eigenvalue weighted by molar-refractivity contribution is 5.29. The zero-order chi connectivity index (χ0) is 15.2. The Morgan fingerprint density at radius 1 is 1.09 bits per heavy atom. The highest BCUT2D eigenvalue weighted by atomic mass is 16.5. The maximum absolute atomic E-state index is 5.91. The van der Waals surface area contributed by atoms with Gasteiger partial charge >= 0.3 is 0 Å². The molecule has 3 heteroatoms. The molecule has 1 saturated heterocycles. The lowest BCUT2D eigenvalue weighted by molar-refractivity contribution is 0.302. The second kappa shape index (κ2) is 7.43. The van der Waals surface area contributed by atoms with Crippen LogP contribution in [-0.4, -0.2) is 31.1 Å². The van der Waals surface area contributed by atoms with Gasteiger partial charge in [-0.3, -0.25) is 4.90 Å². The number of likely N-dealkylation sites (tertiary alicyclic amines) is 1. The van der Waals surface area contributed by atoms with Gasteiger partial charge in [-0.05, 0) is 36.7 Å². The third-order valence-electron chi connectivity index (χ3n) is 4.23. The summed E-state index contributed by atoms with van der Waals surface area (Å²) >= 11 is 0. The van der Waals surface area contributed by atoms with Crippen LogP contribution in [0.4, 0.5) is 0 Å². The molecule has 0 radical (unpaired) electrons. The van der Waals surface area contributed by atoms with Crippen molar-refractivity contribution in [3.8, 4) is 5.75 Å². The molecule has 3 rings (SSSR count). The fourth-order valence-corrected chi connectivity index (χ4v) is 2.94. The maximum Gasteiger partial charge on any atom is 0.120 e. The Hall–Kier alpha value is -1.84. The number of ether oxygens (including phenoxy) is 1. The number of hydrogen-bond donors (Lipinski definition) is 1. The van der Waals surface area contributed by atoms with Crippen LogP contribution in [0.5, 0.6) is 5.75 Å². The van der Waals surface area contributed by atoms with E-state index in [0.29, 0.717) is 12.6 Å². The van der Waals surface area contributed by atoms with E-state index in [0.717, 1.165) is 18.8 Å². The summed E-state index contributed by atoms with van der Waals surface area (Å²) in [5, 5.41) is 3.36. The van der Waals surface area contributed by atoms with Crippen LogP contribution < -0.4 is 10.1 Å². The van der Waals surface area contributed by atoms with E-state index in [1.165, 1.54) is 24.1 Å². The maximum atomic E-state index is 5.91. The van der Waals surface area contributed by atoms with E-state index in [1.807, 2.05) is 31.3 Å². The van der Waals surface area contributed by atoms with Crippen molar-refractivity contribution in [3.05, 3.63) is 65.7 Å². The lowest BCUT2D eigenvalue weighted by Crippen LogP contribution is -2.29. The molecule has 1 aliphatic heterocycles. The molecule has 0 aromatic heterocycles. The third-order valence-corrected chi connectivity index (χ3v) is 4.23. The molecule has 116 valence electrons. The highest BCUT2D eigenvalue weighted by Crippen LogP contribution is 2.18. The average Bonchev–Trinajstić information content (AvgIpc) is 3.02. The Balaban J connectivity index is 1.56. The fourth-order valence-electron chi connectivity index (χ4n) is 2.94. The first-order valence-corrected chi connectivity index (χ1v) is 7.99. The van der Waals surface area contributed by atoms with Crippen LogP contribution in [0.2, 0.25) is 0 Å². The summed E-state index contributed by atoms with van der Waals surface area (Å²) < 4.78 is 5.91. The first-order chi connectivity index (χ1) is 10.8. The summed E-state index contributed by atoms with van der Waals surface area (Å²) in [6, 6.07) is 19.4. The van der Waals surface area contributed by atoms with E-state index < -0.39 is 0 Å². The molecule has 1 heterocycles. The molecule has 1 N–H and O–H groups in total. The van der Waals surface area contributed by atoms with Crippen molar-refractivity contribution < 1.29 is 4.74 Å². The number of hydrogen-bond acceptors (Lipinski definition) is 3. The van der Waals surface area contributed by atoms with Gasteiger partial charge in [0.25, 0.3) is 0 Å². The van der Waals surface area contributed by atoms with Crippen molar-refractivity contribution in [3.63, 3.8) is 0 Å². The normalized spacial score (nSPS) is 18.5. The molecule has 0 saturated carbocycles. The smallest absolute Gasteiger partial charge is 0.120 e. The van der Waals surface area contributed by atoms with Crippen molar-refractivity contribution in [1.82, 2.24) is 10.2 Å². The van der Waals surface area contributed by atoms with E-state index in [2.05, 4.69) is 40.5 Å². The topological polar surface area (TPSA) is 24.5 Å². The Morgan fingerprint density at radius 3 is 2.68 bits per heavy atom. The molecular weight excluding hydrogens is 272 g/mol. The summed E-state index contributed by atoms with van der Waals surface area (Å²) in [5.74, 6) is 0.950. The van der Waals surface area contributed by atoms with Gasteiger partial charge in [-0.2, -0.15) is 0 Å². The van der Waals surface area contributed by atoms with Gasteiger partial charge in [0.15, 0.2) is 0 Å². The average molecular weight is 296 g/mol. The predicted octanol–water partition coefficient (Wildman–Crippen LogP) is 3.06. The van der Waals surface area contributed by atoms with Gasteiger partial charge in [0.1, 0.15) is 12.4 Å². The Bertz CT molecular complexity index is 585. The minimum atomic E-state index is 0.621. The SMILES string of the molecule is CNC1CCN(Cc2cccc(OCc3ccccc3)c2)C1. The second-order valence-electron chi connectivity index (χ2n) is 5.93. The minimum absolute atomic E-state index is 0.621. The summed E-state index contributed by atoms with van der Waals surface area (Å²) in [6.45, 7) is 3.92. The van der Waals surface area contributed by atoms with E-state index in [4.69, 9.17) is 4.74 Å². The lowest BCUT2D eigenvalue weighted by atomic mass is 10.2. The van der Waals surface area contributed by atoms with Crippen LogP contribution in [-0.2, 0) is 13.2 Å². The van der Waals surface area contributed by atoms with Gasteiger partial charge in [-0.1, -0.05) is 42.5 Å². The van der Waals surface area contributed by atoms with Gasteiger partial charge in [-0.15, -0.1) is 0 Å². The number of nitrogens with zero attached hydrogens (tertiary/aromatic N) is 1. The van der Waals surface area contributed by atoms with Gasteiger partial charge in [0.05, 0.1) is 0 Å². The first kappa shape index (κ1) is 15.1. The van der Waals surface area contributed by atoms with Gasteiger partial charge in [-0.25, -0.2) is 0 Å². The molecule has 1 unspecified atom stereocenters. The van der Waals surface area contributed by atoms with Crippen LogP contribution in [0.3, 0.4) is 0 Å². The number of rotatable bonds is 6. The highest BCUT2D eigenvalue weighted by Gasteiger charge is 2.20. The number of benzene rings is 2. The minimum Gasteiger partial charge on any atom is -0.489 e. The first-order valence-electron chi connectivity index (χ1n) is 7.99. The molecule has 0 bridgehead atoms. The Kier molecular flexibility index (Phi) is 5.09. The molecular formula is C19H24N2O. The predicted molar refractivity (Wildman–Crippen MR) is 90.0 cm³/mol. The number of nitrogens with one attached hydrogen (secondary N) is 1. The van der Waals surface area contributed by atoms with E-state index in [-0.39, 0.29) is 0 Å². The van der Waals surface area contributed by atoms with Crippen LogP contribution in [0, 0.1) is 0 Å². The largest absolute Gasteiger partial charge is 0.489 e. The molecule has 2 aromatic carbocycles. The zero-order valence-electron chi connectivity index (χ0n) is 13.2. The van der Waals surface area contributed by atoms with Gasteiger partial charge < -0.3 is 10.1 Å². The standard InChI is InChI=1S/C19H24N2O/c1-20-18-10-11-21(14-18)13-17-8-5-9-19(12-17)22-15-16-6-3-2-4-7-16/h2-9,12,18,20H,10-11,13-15H2,1H3. The summed E-state index contributed by atoms with van der Waals surface area (Å²) in [7, 11) is 2.05. The quantitative estimate of drug-likeness (QED) is 0.886. The van der Waals surface area contributed by atoms with Crippen LogP contribution in [0.25, 0.3) is 0 Å². The molecule has 3 nitrogen and oxygen atoms in total. The van der Waals surface area contributed by atoms with Crippen molar-refractivity contribution in [2.75, 3.05) is 20.1 Å². The Morgan fingerprint density at radius 2 is 1.91 bits per heavy atom. The monoisotopic (exact) mass is 296 g/mol. The van der Waals surface area contributed by atoms with Crippen LogP contribution in [0.15, 0.2) is 54.6 Å². The van der Waals surface area contributed by atoms with E-state index in [9.17, 15) is 0 Å². The van der Waals surface area contributed by atoms with E-state index >= 15 is 0 Å². The molecule has 1 atom stereocenters. The van der Waals surface area contributed by atoms with Crippen molar-refractivity contribution in [2.24, 2.45) is 0 Å². The zero-order valence-corrected chi connectivity index (χ0v) is 13.2. The van der Waals surface area contributed by atoms with E-state index in [1.54, 1.807) is 0 Å². The second-order valence-corrected chi connectivity index (χ2v) is 5.93. The lowest BCUT2D eigenvalue weighted by Gasteiger charge is -2.16.